The van der Waals surface area contributed by atoms with E-state index in [0.717, 1.165) is 38.5 Å². The van der Waals surface area contributed by atoms with Crippen LogP contribution < -0.4 is 4.72 Å². The summed E-state index contributed by atoms with van der Waals surface area (Å²) in [4.78, 5) is 0.197. The lowest BCUT2D eigenvalue weighted by molar-refractivity contribution is 0.114. The lowest BCUT2D eigenvalue weighted by atomic mass is 10.2. The van der Waals surface area contributed by atoms with Crippen molar-refractivity contribution in [2.45, 2.75) is 54.4 Å². The minimum Gasteiger partial charge on any atom is -0.377 e. The molecule has 1 aromatic carbocycles. The molecule has 26 heavy (non-hydrogen) atoms. The van der Waals surface area contributed by atoms with Crippen LogP contribution in [0.2, 0.25) is 0 Å². The summed E-state index contributed by atoms with van der Waals surface area (Å²) >= 11 is 0. The van der Waals surface area contributed by atoms with Gasteiger partial charge in [0.15, 0.2) is 0 Å². The molecule has 7 nitrogen and oxygen atoms in total. The topological polar surface area (TPSA) is 92.8 Å². The number of benzene rings is 1. The molecule has 0 saturated carbocycles. The smallest absolute Gasteiger partial charge is 0.243 e. The number of nitrogens with one attached hydrogen (secondary N) is 1. The molecule has 2 heterocycles. The molecule has 2 aliphatic heterocycles. The highest BCUT2D eigenvalue weighted by Crippen LogP contribution is 2.22. The highest BCUT2D eigenvalue weighted by atomic mass is 32.2. The zero-order valence-electron chi connectivity index (χ0n) is 14.8. The second-order valence-electron chi connectivity index (χ2n) is 6.78. The number of hydrogen-bond acceptors (Lipinski definition) is 5. The van der Waals surface area contributed by atoms with Crippen LogP contribution in [0, 0.1) is 0 Å². The van der Waals surface area contributed by atoms with E-state index in [0.29, 0.717) is 19.7 Å². The van der Waals surface area contributed by atoms with Gasteiger partial charge >= 0.3 is 0 Å². The van der Waals surface area contributed by atoms with Gasteiger partial charge in [0.2, 0.25) is 20.0 Å². The van der Waals surface area contributed by atoms with E-state index >= 15 is 0 Å². The normalized spacial score (nSPS) is 23.0. The van der Waals surface area contributed by atoms with Crippen LogP contribution >= 0.6 is 0 Å². The number of hydrogen-bond donors (Lipinski definition) is 1. The first-order chi connectivity index (χ1) is 12.4. The quantitative estimate of drug-likeness (QED) is 0.782. The molecule has 0 aromatic heterocycles. The van der Waals surface area contributed by atoms with Gasteiger partial charge in [-0.15, -0.1) is 0 Å². The fourth-order valence-corrected chi connectivity index (χ4v) is 5.90. The average molecular weight is 403 g/mol. The Morgan fingerprint density at radius 2 is 1.54 bits per heavy atom. The summed E-state index contributed by atoms with van der Waals surface area (Å²) in [5.74, 6) is 0. The van der Waals surface area contributed by atoms with Crippen LogP contribution in [-0.2, 0) is 24.8 Å². The predicted molar refractivity (Wildman–Crippen MR) is 97.8 cm³/mol. The van der Waals surface area contributed by atoms with E-state index in [1.807, 2.05) is 0 Å². The van der Waals surface area contributed by atoms with E-state index in [4.69, 9.17) is 4.74 Å². The molecule has 0 amide bonds. The lowest BCUT2D eigenvalue weighted by Gasteiger charge is -2.20. The minimum absolute atomic E-state index is 0.0605. The van der Waals surface area contributed by atoms with Gasteiger partial charge in [0.25, 0.3) is 0 Å². The van der Waals surface area contributed by atoms with Crippen molar-refractivity contribution in [3.8, 4) is 0 Å². The monoisotopic (exact) mass is 402 g/mol. The Bertz CT molecular complexity index is 792. The summed E-state index contributed by atoms with van der Waals surface area (Å²) in [5.41, 5.74) is 0. The molecule has 9 heteroatoms. The van der Waals surface area contributed by atoms with Crippen LogP contribution in [0.3, 0.4) is 0 Å². The summed E-state index contributed by atoms with van der Waals surface area (Å²) in [6, 6.07) is 5.45. The van der Waals surface area contributed by atoms with E-state index in [-0.39, 0.29) is 22.4 Å². The van der Waals surface area contributed by atoms with Gasteiger partial charge in [0, 0.05) is 26.2 Å². The van der Waals surface area contributed by atoms with Crippen LogP contribution in [-0.4, -0.2) is 53.5 Å². The van der Waals surface area contributed by atoms with Gasteiger partial charge < -0.3 is 4.74 Å². The number of nitrogens with zero attached hydrogens (tertiary/aromatic N) is 1. The van der Waals surface area contributed by atoms with Crippen molar-refractivity contribution in [2.75, 3.05) is 26.2 Å². The Kier molecular flexibility index (Phi) is 6.34. The predicted octanol–water partition coefficient (Wildman–Crippen LogP) is 1.71. The van der Waals surface area contributed by atoms with E-state index in [9.17, 15) is 16.8 Å². The molecular formula is C17H26N2O5S2. The van der Waals surface area contributed by atoms with Crippen LogP contribution in [0.15, 0.2) is 34.1 Å². The molecule has 2 aliphatic rings. The van der Waals surface area contributed by atoms with Gasteiger partial charge in [-0.05, 0) is 49.9 Å². The molecule has 3 rings (SSSR count). The highest BCUT2D eigenvalue weighted by molar-refractivity contribution is 7.89. The number of rotatable bonds is 6. The number of sulfonamides is 2. The first-order valence-electron chi connectivity index (χ1n) is 9.11. The molecule has 1 N–H and O–H groups in total. The molecule has 0 spiro atoms. The minimum atomic E-state index is -3.68. The fourth-order valence-electron chi connectivity index (χ4n) is 3.31. The Morgan fingerprint density at radius 3 is 2.12 bits per heavy atom. The van der Waals surface area contributed by atoms with Gasteiger partial charge in [0.05, 0.1) is 15.9 Å². The zero-order chi connectivity index (χ0) is 18.6. The van der Waals surface area contributed by atoms with Gasteiger partial charge in [0.1, 0.15) is 0 Å². The van der Waals surface area contributed by atoms with Crippen LogP contribution in [0.4, 0.5) is 0 Å². The van der Waals surface area contributed by atoms with Crippen molar-refractivity contribution in [1.82, 2.24) is 9.03 Å². The van der Waals surface area contributed by atoms with E-state index < -0.39 is 20.0 Å². The van der Waals surface area contributed by atoms with Crippen LogP contribution in [0.25, 0.3) is 0 Å². The third kappa shape index (κ3) is 4.64. The summed E-state index contributed by atoms with van der Waals surface area (Å²) in [6.45, 7) is 1.93. The Labute approximate surface area is 155 Å². The zero-order valence-corrected chi connectivity index (χ0v) is 16.4. The maximum absolute atomic E-state index is 12.7. The molecule has 0 unspecified atom stereocenters. The Hall–Kier alpha value is -1.00. The molecule has 1 atom stereocenters. The molecule has 1 aromatic rings. The van der Waals surface area contributed by atoms with Crippen molar-refractivity contribution in [1.29, 1.82) is 0 Å². The molecule has 2 saturated heterocycles. The summed E-state index contributed by atoms with van der Waals surface area (Å²) in [5, 5.41) is 0. The molecule has 0 aliphatic carbocycles. The van der Waals surface area contributed by atoms with E-state index in [1.54, 1.807) is 0 Å². The molecule has 146 valence electrons. The SMILES string of the molecule is O=S(=O)(NC[C@H]1CCCO1)c1ccc(S(=O)(=O)N2CCCCCC2)cc1. The standard InChI is InChI=1S/C17H26N2O5S2/c20-25(21,18-14-15-6-5-13-24-15)16-7-9-17(10-8-16)26(22,23)19-11-3-1-2-4-12-19/h7-10,15,18H,1-6,11-14H2/t15-/m1/s1. The molecule has 0 bridgehead atoms. The number of ether oxygens (including phenoxy) is 1. The average Bonchev–Trinajstić information content (AvgIpc) is 3.00. The largest absolute Gasteiger partial charge is 0.377 e. The molecule has 2 fully saturated rings. The lowest BCUT2D eigenvalue weighted by Crippen LogP contribution is -2.32. The van der Waals surface area contributed by atoms with Gasteiger partial charge in [-0.25, -0.2) is 21.6 Å². The van der Waals surface area contributed by atoms with E-state index in [1.165, 1.54) is 28.6 Å². The fraction of sp³-hybridized carbons (Fsp3) is 0.647. The van der Waals surface area contributed by atoms with Crippen LogP contribution in [0.5, 0.6) is 0 Å². The summed E-state index contributed by atoms with van der Waals surface area (Å²) < 4.78 is 59.7. The third-order valence-electron chi connectivity index (χ3n) is 4.86. The second kappa shape index (κ2) is 8.35. The first-order valence-corrected chi connectivity index (χ1v) is 12.0. The summed E-state index contributed by atoms with van der Waals surface area (Å²) in [6.07, 6.45) is 5.49. The van der Waals surface area contributed by atoms with Crippen molar-refractivity contribution in [3.05, 3.63) is 24.3 Å². The maximum Gasteiger partial charge on any atom is 0.243 e. The van der Waals surface area contributed by atoms with Crippen molar-refractivity contribution >= 4 is 20.0 Å². The Morgan fingerprint density at radius 1 is 0.923 bits per heavy atom. The molecular weight excluding hydrogens is 376 g/mol. The Balaban J connectivity index is 1.70. The van der Waals surface area contributed by atoms with Gasteiger partial charge in [-0.3, -0.25) is 0 Å². The molecule has 0 radical (unpaired) electrons. The van der Waals surface area contributed by atoms with Crippen LogP contribution in [0.1, 0.15) is 38.5 Å². The summed E-state index contributed by atoms with van der Waals surface area (Å²) in [7, 11) is -7.25. The van der Waals surface area contributed by atoms with E-state index in [2.05, 4.69) is 4.72 Å². The van der Waals surface area contributed by atoms with Gasteiger partial charge in [-0.1, -0.05) is 12.8 Å². The van der Waals surface area contributed by atoms with Crippen molar-refractivity contribution < 1.29 is 21.6 Å². The van der Waals surface area contributed by atoms with Gasteiger partial charge in [-0.2, -0.15) is 4.31 Å². The first kappa shape index (κ1) is 19.8. The highest BCUT2D eigenvalue weighted by Gasteiger charge is 2.26. The van der Waals surface area contributed by atoms with Crippen molar-refractivity contribution in [3.63, 3.8) is 0 Å². The maximum atomic E-state index is 12.7. The second-order valence-corrected chi connectivity index (χ2v) is 10.5. The van der Waals surface area contributed by atoms with Crippen molar-refractivity contribution in [2.24, 2.45) is 0 Å². The third-order valence-corrected chi connectivity index (χ3v) is 8.21.